The molecule has 8 heteroatoms. The Labute approximate surface area is 98.4 Å². The molecule has 1 amide bonds. The number of nitrogens with one attached hydrogen (secondary N) is 1. The molecular formula is C9H15N7O. The molecule has 8 nitrogen and oxygen atoms in total. The van der Waals surface area contributed by atoms with Gasteiger partial charge in [0.2, 0.25) is 5.91 Å². The van der Waals surface area contributed by atoms with Crippen molar-refractivity contribution < 1.29 is 4.79 Å². The molecule has 1 aromatic heterocycles. The number of primary amides is 1. The van der Waals surface area contributed by atoms with E-state index in [-0.39, 0.29) is 6.54 Å². The van der Waals surface area contributed by atoms with Gasteiger partial charge in [0.15, 0.2) is 0 Å². The highest BCUT2D eigenvalue weighted by Gasteiger charge is 2.20. The predicted molar refractivity (Wildman–Crippen MR) is 61.9 cm³/mol. The molecule has 0 aliphatic rings. The Morgan fingerprint density at radius 2 is 2.53 bits per heavy atom. The second-order valence-corrected chi connectivity index (χ2v) is 3.55. The molecule has 3 N–H and O–H groups in total. The molecule has 0 saturated heterocycles. The minimum atomic E-state index is -0.613. The van der Waals surface area contributed by atoms with Gasteiger partial charge in [-0.2, -0.15) is 5.10 Å². The number of nitrogens with zero attached hydrogens (tertiary/aromatic N) is 5. The average molecular weight is 237 g/mol. The molecule has 0 bridgehead atoms. The Kier molecular flexibility index (Phi) is 4.50. The third-order valence-corrected chi connectivity index (χ3v) is 2.49. The number of rotatable bonds is 6. The number of carbonyl (C=O) groups is 1. The number of aromatic nitrogens is 2. The van der Waals surface area contributed by atoms with Crippen LogP contribution in [0.1, 0.15) is 17.3 Å². The zero-order valence-corrected chi connectivity index (χ0v) is 9.79. The van der Waals surface area contributed by atoms with E-state index in [0.29, 0.717) is 6.54 Å². The summed E-state index contributed by atoms with van der Waals surface area (Å²) in [5.74, 6) is -0.484. The van der Waals surface area contributed by atoms with Crippen molar-refractivity contribution in [3.8, 4) is 0 Å². The number of aryl methyl sites for hydroxylation is 1. The van der Waals surface area contributed by atoms with E-state index in [2.05, 4.69) is 20.4 Å². The Bertz CT molecular complexity index is 446. The smallest absolute Gasteiger partial charge is 0.239 e. The minimum Gasteiger partial charge on any atom is -0.368 e. The fraction of sp³-hybridized carbons (Fsp3) is 0.556. The monoisotopic (exact) mass is 237 g/mol. The van der Waals surface area contributed by atoms with Gasteiger partial charge in [0.25, 0.3) is 0 Å². The van der Waals surface area contributed by atoms with Crippen molar-refractivity contribution >= 4 is 5.91 Å². The van der Waals surface area contributed by atoms with Crippen LogP contribution in [0.15, 0.2) is 11.3 Å². The van der Waals surface area contributed by atoms with E-state index in [0.717, 1.165) is 11.3 Å². The van der Waals surface area contributed by atoms with Crippen LogP contribution in [-0.4, -0.2) is 28.8 Å². The molecule has 0 saturated carbocycles. The Morgan fingerprint density at radius 1 is 1.82 bits per heavy atom. The van der Waals surface area contributed by atoms with Gasteiger partial charge in [-0.1, -0.05) is 5.11 Å². The summed E-state index contributed by atoms with van der Waals surface area (Å²) in [6.07, 6.45) is 1.60. The van der Waals surface area contributed by atoms with Crippen LogP contribution in [0.2, 0.25) is 0 Å². The summed E-state index contributed by atoms with van der Waals surface area (Å²) in [6, 6.07) is -0.613. The normalized spacial score (nSPS) is 11.9. The number of azide groups is 1. The summed E-state index contributed by atoms with van der Waals surface area (Å²) in [6.45, 7) is 2.50. The van der Waals surface area contributed by atoms with E-state index in [1.54, 1.807) is 17.9 Å². The highest BCUT2D eigenvalue weighted by Crippen LogP contribution is 2.15. The van der Waals surface area contributed by atoms with E-state index >= 15 is 0 Å². The molecule has 0 aliphatic carbocycles. The molecule has 1 aromatic rings. The first-order chi connectivity index (χ1) is 8.07. The van der Waals surface area contributed by atoms with Crippen LogP contribution in [0.3, 0.4) is 0 Å². The van der Waals surface area contributed by atoms with Gasteiger partial charge in [-0.05, 0) is 12.5 Å². The molecule has 92 valence electrons. The van der Waals surface area contributed by atoms with E-state index in [4.69, 9.17) is 11.3 Å². The third-order valence-electron chi connectivity index (χ3n) is 2.49. The van der Waals surface area contributed by atoms with Crippen LogP contribution in [0.4, 0.5) is 0 Å². The van der Waals surface area contributed by atoms with Gasteiger partial charge >= 0.3 is 0 Å². The second kappa shape index (κ2) is 5.88. The zero-order chi connectivity index (χ0) is 12.8. The van der Waals surface area contributed by atoms with E-state index in [9.17, 15) is 4.79 Å². The van der Waals surface area contributed by atoms with Gasteiger partial charge in [0.05, 0.1) is 6.20 Å². The van der Waals surface area contributed by atoms with Crippen LogP contribution < -0.4 is 11.1 Å². The van der Waals surface area contributed by atoms with Crippen LogP contribution in [-0.2, 0) is 11.8 Å². The number of hydrogen-bond donors (Lipinski definition) is 2. The second-order valence-electron chi connectivity index (χ2n) is 3.55. The molecule has 1 rings (SSSR count). The van der Waals surface area contributed by atoms with Gasteiger partial charge in [-0.25, -0.2) is 0 Å². The average Bonchev–Trinajstić information content (AvgIpc) is 2.60. The highest BCUT2D eigenvalue weighted by atomic mass is 16.1. The van der Waals surface area contributed by atoms with Crippen LogP contribution in [0.5, 0.6) is 0 Å². The van der Waals surface area contributed by atoms with Crippen LogP contribution >= 0.6 is 0 Å². The Balaban J connectivity index is 2.76. The first-order valence-electron chi connectivity index (χ1n) is 5.10. The lowest BCUT2D eigenvalue weighted by molar-refractivity contribution is -0.120. The summed E-state index contributed by atoms with van der Waals surface area (Å²) in [7, 11) is 1.79. The highest BCUT2D eigenvalue weighted by molar-refractivity contribution is 5.81. The molecular weight excluding hydrogens is 222 g/mol. The summed E-state index contributed by atoms with van der Waals surface area (Å²) in [5, 5.41) is 10.4. The number of carbonyl (C=O) groups excluding carboxylic acids is 1. The topological polar surface area (TPSA) is 122 Å². The van der Waals surface area contributed by atoms with Crippen molar-refractivity contribution in [2.24, 2.45) is 17.9 Å². The van der Waals surface area contributed by atoms with Crippen molar-refractivity contribution in [3.05, 3.63) is 27.9 Å². The first-order valence-corrected chi connectivity index (χ1v) is 5.10. The van der Waals surface area contributed by atoms with Gasteiger partial charge in [0, 0.05) is 36.3 Å². The Morgan fingerprint density at radius 3 is 3.00 bits per heavy atom. The molecule has 0 aromatic carbocycles. The van der Waals surface area contributed by atoms with E-state index in [1.807, 2.05) is 6.92 Å². The summed E-state index contributed by atoms with van der Waals surface area (Å²) in [4.78, 5) is 14.0. The standard InChI is InChI=1S/C9H15N7O/c1-6-7(5-14-16(6)2)8(9(10)17)12-3-4-13-15-11/h5,8,12H,3-4H2,1-2H3,(H2,10,17). The Hall–Kier alpha value is -2.05. The third kappa shape index (κ3) is 3.20. The largest absolute Gasteiger partial charge is 0.368 e. The quantitative estimate of drug-likeness (QED) is 0.317. The lowest BCUT2D eigenvalue weighted by Gasteiger charge is -2.14. The van der Waals surface area contributed by atoms with E-state index in [1.165, 1.54) is 0 Å². The maximum atomic E-state index is 11.3. The molecule has 0 radical (unpaired) electrons. The van der Waals surface area contributed by atoms with Gasteiger partial charge < -0.3 is 11.1 Å². The molecule has 1 atom stereocenters. The molecule has 0 fully saturated rings. The first kappa shape index (κ1) is 13.0. The van der Waals surface area contributed by atoms with Crippen molar-refractivity contribution in [1.29, 1.82) is 0 Å². The number of hydrogen-bond acceptors (Lipinski definition) is 4. The maximum absolute atomic E-state index is 11.3. The molecule has 1 heterocycles. The van der Waals surface area contributed by atoms with Crippen LogP contribution in [0.25, 0.3) is 10.4 Å². The van der Waals surface area contributed by atoms with Gasteiger partial charge in [-0.15, -0.1) is 0 Å². The summed E-state index contributed by atoms with van der Waals surface area (Å²) >= 11 is 0. The maximum Gasteiger partial charge on any atom is 0.239 e. The lowest BCUT2D eigenvalue weighted by atomic mass is 10.1. The van der Waals surface area contributed by atoms with Crippen molar-refractivity contribution in [3.63, 3.8) is 0 Å². The van der Waals surface area contributed by atoms with E-state index < -0.39 is 11.9 Å². The lowest BCUT2D eigenvalue weighted by Crippen LogP contribution is -2.35. The summed E-state index contributed by atoms with van der Waals surface area (Å²) in [5.41, 5.74) is 15.1. The SMILES string of the molecule is Cc1c(C(NCCN=[N+]=[N-])C(N)=O)cnn1C. The molecule has 17 heavy (non-hydrogen) atoms. The number of nitrogens with two attached hydrogens (primary N) is 1. The predicted octanol–water partition coefficient (Wildman–Crippen LogP) is 0.155. The summed E-state index contributed by atoms with van der Waals surface area (Å²) < 4.78 is 1.67. The molecule has 1 unspecified atom stereocenters. The fourth-order valence-electron chi connectivity index (χ4n) is 1.47. The fourth-order valence-corrected chi connectivity index (χ4v) is 1.47. The minimum absolute atomic E-state index is 0.263. The van der Waals surface area contributed by atoms with Gasteiger partial charge in [0.1, 0.15) is 6.04 Å². The number of amides is 1. The molecule has 0 aliphatic heterocycles. The van der Waals surface area contributed by atoms with Gasteiger partial charge in [-0.3, -0.25) is 9.48 Å². The van der Waals surface area contributed by atoms with Crippen molar-refractivity contribution in [2.75, 3.05) is 13.1 Å². The van der Waals surface area contributed by atoms with Crippen molar-refractivity contribution in [1.82, 2.24) is 15.1 Å². The zero-order valence-electron chi connectivity index (χ0n) is 9.79. The van der Waals surface area contributed by atoms with Crippen LogP contribution in [0, 0.1) is 6.92 Å². The molecule has 0 spiro atoms. The van der Waals surface area contributed by atoms with Crippen molar-refractivity contribution in [2.45, 2.75) is 13.0 Å².